The van der Waals surface area contributed by atoms with E-state index in [9.17, 15) is 5.11 Å². The molecule has 0 spiro atoms. The van der Waals surface area contributed by atoms with Gasteiger partial charge in [0.25, 0.3) is 0 Å². The number of hydrogen-bond acceptors (Lipinski definition) is 4. The smallest absolute Gasteiger partial charge is 0.0975 e. The van der Waals surface area contributed by atoms with Gasteiger partial charge in [0.2, 0.25) is 0 Å². The Bertz CT molecular complexity index is 372. The van der Waals surface area contributed by atoms with Crippen molar-refractivity contribution in [2.45, 2.75) is 38.4 Å². The molecule has 1 rings (SSSR count). The first-order chi connectivity index (χ1) is 9.39. The maximum Gasteiger partial charge on any atom is 0.0975 e. The van der Waals surface area contributed by atoms with Crippen LogP contribution in [0.5, 0.6) is 0 Å². The minimum atomic E-state index is -0.972. The van der Waals surface area contributed by atoms with Crippen LogP contribution in [-0.4, -0.2) is 47.8 Å². The predicted molar refractivity (Wildman–Crippen MR) is 78.7 cm³/mol. The monoisotopic (exact) mass is 282 g/mol. The van der Waals surface area contributed by atoms with Crippen molar-refractivity contribution in [2.24, 2.45) is 0 Å². The van der Waals surface area contributed by atoms with Gasteiger partial charge in [-0.25, -0.2) is 0 Å². The Kier molecular flexibility index (Phi) is 6.62. The molecule has 0 aliphatic heterocycles. The molecule has 0 saturated heterocycles. The first kappa shape index (κ1) is 17.1. The molecule has 1 unspecified atom stereocenters. The highest BCUT2D eigenvalue weighted by Crippen LogP contribution is 2.29. The van der Waals surface area contributed by atoms with Crippen LogP contribution < -0.4 is 0 Å². The molecule has 1 aromatic carbocycles. The third kappa shape index (κ3) is 5.21. The van der Waals surface area contributed by atoms with Gasteiger partial charge in [-0.15, -0.1) is 0 Å². The largest absolute Gasteiger partial charge is 0.394 e. The van der Waals surface area contributed by atoms with Gasteiger partial charge in [0.05, 0.1) is 37.6 Å². The highest BCUT2D eigenvalue weighted by Gasteiger charge is 2.40. The summed E-state index contributed by atoms with van der Waals surface area (Å²) in [6.07, 6.45) is 0.622. The van der Waals surface area contributed by atoms with Gasteiger partial charge in [-0.3, -0.25) is 0 Å². The van der Waals surface area contributed by atoms with Gasteiger partial charge in [-0.2, -0.15) is 0 Å². The summed E-state index contributed by atoms with van der Waals surface area (Å²) in [7, 11) is 0. The van der Waals surface area contributed by atoms with E-state index in [2.05, 4.69) is 0 Å². The summed E-state index contributed by atoms with van der Waals surface area (Å²) in [6, 6.07) is 9.97. The third-order valence-electron chi connectivity index (χ3n) is 3.56. The van der Waals surface area contributed by atoms with Crippen LogP contribution in [0, 0.1) is 0 Å². The van der Waals surface area contributed by atoms with Crippen LogP contribution in [0.4, 0.5) is 0 Å². The number of aliphatic hydroxyl groups is 2. The number of rotatable bonds is 9. The maximum absolute atomic E-state index is 10.4. The van der Waals surface area contributed by atoms with Crippen molar-refractivity contribution >= 4 is 0 Å². The molecule has 0 radical (unpaired) electrons. The lowest BCUT2D eigenvalue weighted by Gasteiger charge is -2.40. The minimum Gasteiger partial charge on any atom is -0.394 e. The van der Waals surface area contributed by atoms with Crippen LogP contribution in [0.2, 0.25) is 0 Å². The zero-order chi connectivity index (χ0) is 15.1. The second kappa shape index (κ2) is 7.74. The lowest BCUT2D eigenvalue weighted by Crippen LogP contribution is -2.52. The van der Waals surface area contributed by atoms with E-state index in [0.29, 0.717) is 26.2 Å². The molecule has 1 aromatic rings. The van der Waals surface area contributed by atoms with Gasteiger partial charge in [-0.1, -0.05) is 30.3 Å². The molecule has 0 aliphatic carbocycles. The van der Waals surface area contributed by atoms with Crippen molar-refractivity contribution in [2.75, 3.05) is 26.4 Å². The van der Waals surface area contributed by atoms with Crippen molar-refractivity contribution in [3.8, 4) is 0 Å². The van der Waals surface area contributed by atoms with E-state index in [1.807, 2.05) is 37.3 Å². The van der Waals surface area contributed by atoms with Crippen molar-refractivity contribution in [3.63, 3.8) is 0 Å². The lowest BCUT2D eigenvalue weighted by atomic mass is 9.82. The van der Waals surface area contributed by atoms with Crippen LogP contribution in [-0.2, 0) is 15.9 Å². The fourth-order valence-electron chi connectivity index (χ4n) is 1.92. The molecular weight excluding hydrogens is 256 g/mol. The molecule has 0 aliphatic rings. The van der Waals surface area contributed by atoms with Crippen molar-refractivity contribution < 1.29 is 19.7 Å². The molecule has 0 heterocycles. The number of ether oxygens (including phenoxy) is 2. The number of hydrogen-bond donors (Lipinski definition) is 2. The lowest BCUT2D eigenvalue weighted by molar-refractivity contribution is -0.164. The van der Waals surface area contributed by atoms with E-state index in [0.717, 1.165) is 5.56 Å². The number of benzene rings is 1. The molecule has 114 valence electrons. The van der Waals surface area contributed by atoms with E-state index >= 15 is 0 Å². The van der Waals surface area contributed by atoms with E-state index < -0.39 is 11.2 Å². The van der Waals surface area contributed by atoms with Crippen molar-refractivity contribution in [1.82, 2.24) is 0 Å². The molecule has 0 fully saturated rings. The van der Waals surface area contributed by atoms with Gasteiger partial charge < -0.3 is 19.7 Å². The predicted octanol–water partition coefficient (Wildman–Crippen LogP) is 1.78. The van der Waals surface area contributed by atoms with E-state index in [4.69, 9.17) is 14.6 Å². The quantitative estimate of drug-likeness (QED) is 0.678. The Balaban J connectivity index is 2.63. The summed E-state index contributed by atoms with van der Waals surface area (Å²) < 4.78 is 11.1. The zero-order valence-electron chi connectivity index (χ0n) is 12.6. The van der Waals surface area contributed by atoms with Crippen LogP contribution in [0.25, 0.3) is 0 Å². The molecule has 0 aromatic heterocycles. The Morgan fingerprint density at radius 3 is 2.20 bits per heavy atom. The fraction of sp³-hybridized carbons (Fsp3) is 0.625. The first-order valence-electron chi connectivity index (χ1n) is 6.98. The Hall–Kier alpha value is -0.940. The van der Waals surface area contributed by atoms with Gasteiger partial charge in [0.15, 0.2) is 0 Å². The molecule has 20 heavy (non-hydrogen) atoms. The molecule has 4 heteroatoms. The molecule has 0 amide bonds. The van der Waals surface area contributed by atoms with Gasteiger partial charge in [0.1, 0.15) is 0 Å². The topological polar surface area (TPSA) is 58.9 Å². The highest BCUT2D eigenvalue weighted by atomic mass is 16.5. The summed E-state index contributed by atoms with van der Waals surface area (Å²) in [5, 5.41) is 19.0. The van der Waals surface area contributed by atoms with E-state index in [-0.39, 0.29) is 6.61 Å². The van der Waals surface area contributed by atoms with Crippen LogP contribution in [0.1, 0.15) is 26.3 Å². The molecule has 0 bridgehead atoms. The summed E-state index contributed by atoms with van der Waals surface area (Å²) in [4.78, 5) is 0. The second-order valence-corrected chi connectivity index (χ2v) is 5.64. The van der Waals surface area contributed by atoms with Crippen molar-refractivity contribution in [3.05, 3.63) is 35.9 Å². The van der Waals surface area contributed by atoms with Crippen LogP contribution in [0.15, 0.2) is 30.3 Å². The van der Waals surface area contributed by atoms with Gasteiger partial charge in [0, 0.05) is 6.42 Å². The van der Waals surface area contributed by atoms with Crippen LogP contribution >= 0.6 is 0 Å². The average molecular weight is 282 g/mol. The first-order valence-corrected chi connectivity index (χ1v) is 6.98. The van der Waals surface area contributed by atoms with Gasteiger partial charge in [-0.05, 0) is 26.3 Å². The normalized spacial score (nSPS) is 15.1. The summed E-state index contributed by atoms with van der Waals surface area (Å²) in [5.74, 6) is 0. The van der Waals surface area contributed by atoms with E-state index in [1.165, 1.54) is 0 Å². The zero-order valence-corrected chi connectivity index (χ0v) is 12.6. The van der Waals surface area contributed by atoms with Crippen LogP contribution in [0.3, 0.4) is 0 Å². The van der Waals surface area contributed by atoms with Gasteiger partial charge >= 0.3 is 0 Å². The van der Waals surface area contributed by atoms with Crippen molar-refractivity contribution in [1.29, 1.82) is 0 Å². The molecule has 4 nitrogen and oxygen atoms in total. The molecule has 0 saturated carbocycles. The SMILES string of the molecule is CC(C)(O)C(C)(Cc1ccccc1)OCCOCCO. The summed E-state index contributed by atoms with van der Waals surface area (Å²) in [6.45, 7) is 6.52. The Labute approximate surface area is 121 Å². The molecule has 2 N–H and O–H groups in total. The van der Waals surface area contributed by atoms with E-state index in [1.54, 1.807) is 13.8 Å². The molecular formula is C16H26O4. The maximum atomic E-state index is 10.4. The minimum absolute atomic E-state index is 0.00672. The molecule has 1 atom stereocenters. The summed E-state index contributed by atoms with van der Waals surface area (Å²) in [5.41, 5.74) is -0.551. The Morgan fingerprint density at radius 1 is 1.00 bits per heavy atom. The number of aliphatic hydroxyl groups excluding tert-OH is 1. The fourth-order valence-corrected chi connectivity index (χ4v) is 1.92. The standard InChI is InChI=1S/C16H26O4/c1-15(2,18)16(3,20-12-11-19-10-9-17)13-14-7-5-4-6-8-14/h4-8,17-18H,9-13H2,1-3H3. The average Bonchev–Trinajstić information content (AvgIpc) is 2.38. The highest BCUT2D eigenvalue weighted by molar-refractivity contribution is 5.18. The second-order valence-electron chi connectivity index (χ2n) is 5.64. The Morgan fingerprint density at radius 2 is 1.65 bits per heavy atom. The third-order valence-corrected chi connectivity index (χ3v) is 3.56. The summed E-state index contributed by atoms with van der Waals surface area (Å²) >= 11 is 0.